The standard InChI is InChI=1S/C8H11N7O2S/c1-5(7-11-14-15-12-7)13-18(16,17)8-6(9)3-2-4-10-8/h2-5,13H,9H2,1H3,(H,11,12,14,15). The lowest BCUT2D eigenvalue weighted by Crippen LogP contribution is -2.29. The van der Waals surface area contributed by atoms with Crippen LogP contribution < -0.4 is 10.5 Å². The molecule has 96 valence electrons. The van der Waals surface area contributed by atoms with Crippen LogP contribution >= 0.6 is 0 Å². The quantitative estimate of drug-likeness (QED) is 0.661. The zero-order chi connectivity index (χ0) is 13.2. The van der Waals surface area contributed by atoms with Crippen LogP contribution in [0.4, 0.5) is 5.69 Å². The minimum atomic E-state index is -3.82. The van der Waals surface area contributed by atoms with Crippen molar-refractivity contribution in [1.82, 2.24) is 30.3 Å². The number of nitrogens with two attached hydrogens (primary N) is 1. The Hall–Kier alpha value is -2.07. The molecular weight excluding hydrogens is 258 g/mol. The van der Waals surface area contributed by atoms with Crippen LogP contribution in [-0.2, 0) is 10.0 Å². The first kappa shape index (κ1) is 12.4. The van der Waals surface area contributed by atoms with E-state index in [1.54, 1.807) is 13.0 Å². The number of sulfonamides is 1. The molecule has 1 atom stereocenters. The maximum atomic E-state index is 12.0. The first-order valence-corrected chi connectivity index (χ1v) is 6.45. The molecule has 0 radical (unpaired) electrons. The van der Waals surface area contributed by atoms with Gasteiger partial charge in [-0.05, 0) is 19.1 Å². The molecule has 0 bridgehead atoms. The number of hydrogen-bond donors (Lipinski definition) is 3. The molecule has 10 heteroatoms. The molecule has 0 saturated carbocycles. The van der Waals surface area contributed by atoms with E-state index >= 15 is 0 Å². The van der Waals surface area contributed by atoms with Crippen molar-refractivity contribution in [1.29, 1.82) is 0 Å². The van der Waals surface area contributed by atoms with Crippen molar-refractivity contribution in [3.8, 4) is 0 Å². The summed E-state index contributed by atoms with van der Waals surface area (Å²) in [7, 11) is -3.82. The molecular formula is C8H11N7O2S. The molecule has 2 aromatic rings. The van der Waals surface area contributed by atoms with Gasteiger partial charge in [0.25, 0.3) is 10.0 Å². The first-order chi connectivity index (χ1) is 8.50. The van der Waals surface area contributed by atoms with Crippen molar-refractivity contribution in [3.63, 3.8) is 0 Å². The summed E-state index contributed by atoms with van der Waals surface area (Å²) in [6.07, 6.45) is 1.35. The molecule has 0 spiro atoms. The summed E-state index contributed by atoms with van der Waals surface area (Å²) < 4.78 is 26.4. The Bertz CT molecular complexity index is 625. The van der Waals surface area contributed by atoms with Gasteiger partial charge >= 0.3 is 0 Å². The second kappa shape index (κ2) is 4.66. The summed E-state index contributed by atoms with van der Waals surface area (Å²) in [6, 6.07) is 2.37. The predicted octanol–water partition coefficient (Wildman–Crippen LogP) is -0.784. The molecule has 0 amide bonds. The number of nitrogen functional groups attached to an aromatic ring is 1. The molecule has 0 aromatic carbocycles. The average molecular weight is 269 g/mol. The van der Waals surface area contributed by atoms with Gasteiger partial charge in [-0.25, -0.2) is 13.4 Å². The number of aromatic nitrogens is 5. The molecule has 0 aliphatic heterocycles. The van der Waals surface area contributed by atoms with Crippen LogP contribution in [0.3, 0.4) is 0 Å². The second-order valence-corrected chi connectivity index (χ2v) is 5.14. The maximum absolute atomic E-state index is 12.0. The number of nitrogens with one attached hydrogen (secondary N) is 2. The van der Waals surface area contributed by atoms with E-state index in [-0.39, 0.29) is 16.5 Å². The number of anilines is 1. The molecule has 0 saturated heterocycles. The smallest absolute Gasteiger partial charge is 0.260 e. The van der Waals surface area contributed by atoms with E-state index in [0.29, 0.717) is 0 Å². The van der Waals surface area contributed by atoms with Gasteiger partial charge in [-0.2, -0.15) is 9.94 Å². The number of aromatic amines is 1. The lowest BCUT2D eigenvalue weighted by molar-refractivity contribution is 0.557. The summed E-state index contributed by atoms with van der Waals surface area (Å²) in [4.78, 5) is 3.74. The van der Waals surface area contributed by atoms with Crippen molar-refractivity contribution >= 4 is 15.7 Å². The van der Waals surface area contributed by atoms with E-state index in [1.165, 1.54) is 12.3 Å². The van der Waals surface area contributed by atoms with Crippen LogP contribution in [0.25, 0.3) is 0 Å². The topological polar surface area (TPSA) is 140 Å². The Balaban J connectivity index is 2.26. The van der Waals surface area contributed by atoms with Gasteiger partial charge in [-0.15, -0.1) is 10.2 Å². The first-order valence-electron chi connectivity index (χ1n) is 4.97. The van der Waals surface area contributed by atoms with Gasteiger partial charge < -0.3 is 5.73 Å². The van der Waals surface area contributed by atoms with Crippen LogP contribution in [0.5, 0.6) is 0 Å². The van der Waals surface area contributed by atoms with Crippen molar-refractivity contribution in [3.05, 3.63) is 24.2 Å². The zero-order valence-corrected chi connectivity index (χ0v) is 10.2. The summed E-state index contributed by atoms with van der Waals surface area (Å²) in [5.74, 6) is 0.230. The molecule has 18 heavy (non-hydrogen) atoms. The highest BCUT2D eigenvalue weighted by Crippen LogP contribution is 2.16. The van der Waals surface area contributed by atoms with Gasteiger partial charge in [-0.1, -0.05) is 5.21 Å². The lowest BCUT2D eigenvalue weighted by Gasteiger charge is -2.11. The van der Waals surface area contributed by atoms with Gasteiger partial charge in [0.2, 0.25) is 0 Å². The van der Waals surface area contributed by atoms with E-state index in [4.69, 9.17) is 5.73 Å². The fourth-order valence-electron chi connectivity index (χ4n) is 1.32. The summed E-state index contributed by atoms with van der Waals surface area (Å²) in [5, 5.41) is 12.8. The number of tetrazole rings is 1. The van der Waals surface area contributed by atoms with Gasteiger partial charge in [0, 0.05) is 6.20 Å². The van der Waals surface area contributed by atoms with Crippen LogP contribution in [0.1, 0.15) is 18.8 Å². The summed E-state index contributed by atoms with van der Waals surface area (Å²) in [6.45, 7) is 1.58. The van der Waals surface area contributed by atoms with Gasteiger partial charge in [0.1, 0.15) is 0 Å². The van der Waals surface area contributed by atoms with Crippen molar-refractivity contribution in [2.75, 3.05) is 5.73 Å². The molecule has 9 nitrogen and oxygen atoms in total. The van der Waals surface area contributed by atoms with Crippen LogP contribution in [0.15, 0.2) is 23.4 Å². The van der Waals surface area contributed by atoms with E-state index in [9.17, 15) is 8.42 Å². The van der Waals surface area contributed by atoms with E-state index in [2.05, 4.69) is 30.3 Å². The van der Waals surface area contributed by atoms with E-state index in [1.807, 2.05) is 0 Å². The van der Waals surface area contributed by atoms with Crippen molar-refractivity contribution < 1.29 is 8.42 Å². The number of rotatable bonds is 4. The highest BCUT2D eigenvalue weighted by atomic mass is 32.2. The maximum Gasteiger partial charge on any atom is 0.260 e. The van der Waals surface area contributed by atoms with Crippen LogP contribution in [0.2, 0.25) is 0 Å². The Morgan fingerprint density at radius 1 is 1.50 bits per heavy atom. The molecule has 2 rings (SSSR count). The Morgan fingerprint density at radius 3 is 2.89 bits per heavy atom. The van der Waals surface area contributed by atoms with Crippen molar-refractivity contribution in [2.24, 2.45) is 0 Å². The third kappa shape index (κ3) is 2.43. The highest BCUT2D eigenvalue weighted by molar-refractivity contribution is 7.89. The lowest BCUT2D eigenvalue weighted by atomic mass is 10.4. The van der Waals surface area contributed by atoms with Crippen LogP contribution in [-0.4, -0.2) is 34.0 Å². The largest absolute Gasteiger partial charge is 0.396 e. The van der Waals surface area contributed by atoms with E-state index < -0.39 is 16.1 Å². The molecule has 2 heterocycles. The number of pyridine rings is 1. The zero-order valence-electron chi connectivity index (χ0n) is 9.40. The monoisotopic (exact) mass is 269 g/mol. The van der Waals surface area contributed by atoms with Crippen molar-refractivity contribution in [2.45, 2.75) is 18.0 Å². The summed E-state index contributed by atoms with van der Waals surface area (Å²) in [5.41, 5.74) is 5.64. The van der Waals surface area contributed by atoms with E-state index in [0.717, 1.165) is 0 Å². The molecule has 0 aliphatic carbocycles. The molecule has 4 N–H and O–H groups in total. The fourth-order valence-corrected chi connectivity index (χ4v) is 2.58. The molecule has 0 fully saturated rings. The number of hydrogen-bond acceptors (Lipinski definition) is 7. The SMILES string of the molecule is CC(NS(=O)(=O)c1ncccc1N)c1nn[nH]n1. The third-order valence-corrected chi connectivity index (χ3v) is 3.65. The molecule has 1 unspecified atom stereocenters. The molecule has 2 aromatic heterocycles. The van der Waals surface area contributed by atoms with Crippen LogP contribution in [0, 0.1) is 0 Å². The minimum Gasteiger partial charge on any atom is -0.396 e. The average Bonchev–Trinajstić information content (AvgIpc) is 2.82. The Morgan fingerprint density at radius 2 is 2.28 bits per heavy atom. The normalized spacial score (nSPS) is 13.4. The fraction of sp³-hybridized carbons (Fsp3) is 0.250. The Kier molecular flexibility index (Phi) is 3.21. The minimum absolute atomic E-state index is 0.0744. The summed E-state index contributed by atoms with van der Waals surface area (Å²) >= 11 is 0. The number of nitrogens with zero attached hydrogens (tertiary/aromatic N) is 4. The van der Waals surface area contributed by atoms with Gasteiger partial charge in [0.05, 0.1) is 11.7 Å². The second-order valence-electron chi connectivity index (χ2n) is 3.51. The molecule has 0 aliphatic rings. The third-order valence-electron chi connectivity index (χ3n) is 2.14. The predicted molar refractivity (Wildman–Crippen MR) is 61.6 cm³/mol. The number of H-pyrrole nitrogens is 1. The van der Waals surface area contributed by atoms with Gasteiger partial charge in [0.15, 0.2) is 10.9 Å². The highest BCUT2D eigenvalue weighted by Gasteiger charge is 2.23. The Labute approximate surface area is 103 Å². The van der Waals surface area contributed by atoms with Gasteiger partial charge in [-0.3, -0.25) is 0 Å².